The molecule has 0 aliphatic carbocycles. The van der Waals surface area contributed by atoms with E-state index in [1.54, 1.807) is 6.07 Å². The van der Waals surface area contributed by atoms with E-state index in [1.165, 1.54) is 26.0 Å². The molecule has 1 aromatic carbocycles. The number of hydrogen-bond donors (Lipinski definition) is 1. The van der Waals surface area contributed by atoms with E-state index in [2.05, 4.69) is 32.5 Å². The molecule has 130 valence electrons. The maximum Gasteiger partial charge on any atom is 0.244 e. The first-order valence-corrected chi connectivity index (χ1v) is 10.2. The van der Waals surface area contributed by atoms with Crippen molar-refractivity contribution >= 4 is 37.6 Å². The summed E-state index contributed by atoms with van der Waals surface area (Å²) >= 11 is 9.25. The Morgan fingerprint density at radius 3 is 2.87 bits per heavy atom. The minimum Gasteiger partial charge on any atom is -0.494 e. The highest BCUT2D eigenvalue weighted by Gasteiger charge is 2.23. The van der Waals surface area contributed by atoms with E-state index in [0.717, 1.165) is 13.1 Å². The molecule has 0 amide bonds. The molecule has 1 aliphatic rings. The maximum absolute atomic E-state index is 12.5. The van der Waals surface area contributed by atoms with Crippen LogP contribution in [-0.4, -0.2) is 46.6 Å². The number of hydrogen-bond acceptors (Lipinski definition) is 4. The molecular weight excluding hydrogens is 404 g/mol. The number of nitrogens with one attached hydrogen (secondary N) is 1. The molecule has 2 rings (SSSR count). The van der Waals surface area contributed by atoms with Crippen LogP contribution in [0.1, 0.15) is 19.8 Å². The summed E-state index contributed by atoms with van der Waals surface area (Å²) in [6, 6.07) is 3.00. The van der Waals surface area contributed by atoms with Crippen LogP contribution in [0.4, 0.5) is 0 Å². The third-order valence-corrected chi connectivity index (χ3v) is 6.20. The summed E-state index contributed by atoms with van der Waals surface area (Å²) < 4.78 is 33.4. The van der Waals surface area contributed by atoms with Crippen LogP contribution in [0.5, 0.6) is 5.75 Å². The first kappa shape index (κ1) is 19.0. The monoisotopic (exact) mass is 424 g/mol. The lowest BCUT2D eigenvalue weighted by atomic mass is 10.0. The SMILES string of the molecule is COc1c(Br)cc(Cl)cc1S(=O)(=O)NCCN1CCCC(C)C1. The van der Waals surface area contributed by atoms with Crippen molar-refractivity contribution in [3.05, 3.63) is 21.6 Å². The molecule has 0 bridgehead atoms. The summed E-state index contributed by atoms with van der Waals surface area (Å²) in [5, 5.41) is 0.336. The largest absolute Gasteiger partial charge is 0.494 e. The van der Waals surface area contributed by atoms with Crippen LogP contribution < -0.4 is 9.46 Å². The van der Waals surface area contributed by atoms with Crippen LogP contribution in [0, 0.1) is 5.92 Å². The van der Waals surface area contributed by atoms with Gasteiger partial charge in [0.15, 0.2) is 5.75 Å². The molecule has 0 radical (unpaired) electrons. The van der Waals surface area contributed by atoms with Crippen molar-refractivity contribution in [3.8, 4) is 5.75 Å². The predicted octanol–water partition coefficient (Wildman–Crippen LogP) is 3.12. The second-order valence-electron chi connectivity index (χ2n) is 5.86. The zero-order valence-corrected chi connectivity index (χ0v) is 16.5. The quantitative estimate of drug-likeness (QED) is 0.761. The lowest BCUT2D eigenvalue weighted by molar-refractivity contribution is 0.187. The molecule has 1 aromatic rings. The highest BCUT2D eigenvalue weighted by molar-refractivity contribution is 9.10. The summed E-state index contributed by atoms with van der Waals surface area (Å²) in [4.78, 5) is 2.34. The molecule has 1 heterocycles. The van der Waals surface area contributed by atoms with E-state index in [1.807, 2.05) is 0 Å². The van der Waals surface area contributed by atoms with Gasteiger partial charge in [-0.3, -0.25) is 0 Å². The summed E-state index contributed by atoms with van der Waals surface area (Å²) in [6.45, 7) is 5.34. The second kappa shape index (κ2) is 8.16. The normalized spacial score (nSPS) is 19.7. The fourth-order valence-corrected chi connectivity index (χ4v) is 5.24. The molecule has 1 saturated heterocycles. The Kier molecular flexibility index (Phi) is 6.74. The average Bonchev–Trinajstić information content (AvgIpc) is 2.46. The van der Waals surface area contributed by atoms with Crippen molar-refractivity contribution in [2.75, 3.05) is 33.3 Å². The van der Waals surface area contributed by atoms with Crippen molar-refractivity contribution in [1.82, 2.24) is 9.62 Å². The fraction of sp³-hybridized carbons (Fsp3) is 0.600. The van der Waals surface area contributed by atoms with E-state index in [0.29, 0.717) is 28.5 Å². The molecule has 1 aliphatic heterocycles. The molecule has 1 unspecified atom stereocenters. The Bertz CT molecular complexity index is 654. The van der Waals surface area contributed by atoms with Crippen LogP contribution in [0.15, 0.2) is 21.5 Å². The molecule has 1 atom stereocenters. The van der Waals surface area contributed by atoms with Gasteiger partial charge in [0, 0.05) is 24.7 Å². The van der Waals surface area contributed by atoms with Gasteiger partial charge in [-0.1, -0.05) is 18.5 Å². The van der Waals surface area contributed by atoms with Crippen LogP contribution in [-0.2, 0) is 10.0 Å². The number of likely N-dealkylation sites (tertiary alicyclic amines) is 1. The van der Waals surface area contributed by atoms with Gasteiger partial charge in [-0.25, -0.2) is 13.1 Å². The van der Waals surface area contributed by atoms with E-state index in [9.17, 15) is 8.42 Å². The molecule has 0 saturated carbocycles. The van der Waals surface area contributed by atoms with Gasteiger partial charge in [0.2, 0.25) is 10.0 Å². The zero-order chi connectivity index (χ0) is 17.0. The second-order valence-corrected chi connectivity index (χ2v) is 8.89. The molecular formula is C15H22BrClN2O3S. The molecule has 1 N–H and O–H groups in total. The standard InChI is InChI=1S/C15H22BrClN2O3S/c1-11-4-3-6-19(10-11)7-5-18-23(20,21)14-9-12(17)8-13(16)15(14)22-2/h8-9,11,18H,3-7,10H2,1-2H3. The van der Waals surface area contributed by atoms with Crippen molar-refractivity contribution in [3.63, 3.8) is 0 Å². The highest BCUT2D eigenvalue weighted by Crippen LogP contribution is 2.35. The molecule has 1 fully saturated rings. The molecule has 0 aromatic heterocycles. The first-order valence-electron chi connectivity index (χ1n) is 7.58. The lowest BCUT2D eigenvalue weighted by Crippen LogP contribution is -2.40. The molecule has 0 spiro atoms. The van der Waals surface area contributed by atoms with E-state index in [4.69, 9.17) is 16.3 Å². The summed E-state index contributed by atoms with van der Waals surface area (Å²) in [6.07, 6.45) is 2.42. The van der Waals surface area contributed by atoms with Gasteiger partial charge in [0.25, 0.3) is 0 Å². The Hall–Kier alpha value is -0.340. The third-order valence-electron chi connectivity index (χ3n) is 3.93. The molecule has 5 nitrogen and oxygen atoms in total. The highest BCUT2D eigenvalue weighted by atomic mass is 79.9. The Morgan fingerprint density at radius 2 is 2.22 bits per heavy atom. The average molecular weight is 426 g/mol. The third kappa shape index (κ3) is 5.06. The van der Waals surface area contributed by atoms with Crippen molar-refractivity contribution in [2.24, 2.45) is 5.92 Å². The van der Waals surface area contributed by atoms with Crippen LogP contribution in [0.3, 0.4) is 0 Å². The number of piperidine rings is 1. The van der Waals surface area contributed by atoms with Crippen LogP contribution in [0.25, 0.3) is 0 Å². The topological polar surface area (TPSA) is 58.6 Å². The fourth-order valence-electron chi connectivity index (χ4n) is 2.84. The lowest BCUT2D eigenvalue weighted by Gasteiger charge is -2.30. The van der Waals surface area contributed by atoms with E-state index in [-0.39, 0.29) is 10.6 Å². The van der Waals surface area contributed by atoms with Gasteiger partial charge in [-0.15, -0.1) is 0 Å². The summed E-state index contributed by atoms with van der Waals surface area (Å²) in [5.41, 5.74) is 0. The number of ether oxygens (including phenoxy) is 1. The number of sulfonamides is 1. The van der Waals surface area contributed by atoms with Gasteiger partial charge in [0.05, 0.1) is 11.6 Å². The van der Waals surface area contributed by atoms with Crippen LogP contribution in [0.2, 0.25) is 5.02 Å². The van der Waals surface area contributed by atoms with Gasteiger partial charge < -0.3 is 9.64 Å². The van der Waals surface area contributed by atoms with Gasteiger partial charge in [-0.2, -0.15) is 0 Å². The van der Waals surface area contributed by atoms with E-state index < -0.39 is 10.0 Å². The Morgan fingerprint density at radius 1 is 1.48 bits per heavy atom. The van der Waals surface area contributed by atoms with Crippen LogP contribution >= 0.6 is 27.5 Å². The Labute approximate surface area is 151 Å². The predicted molar refractivity (Wildman–Crippen MR) is 95.7 cm³/mol. The Balaban J connectivity index is 2.04. The first-order chi connectivity index (χ1) is 10.8. The number of benzene rings is 1. The van der Waals surface area contributed by atoms with Gasteiger partial charge in [0.1, 0.15) is 4.90 Å². The smallest absolute Gasteiger partial charge is 0.244 e. The summed E-state index contributed by atoms with van der Waals surface area (Å²) in [5.74, 6) is 0.929. The minimum atomic E-state index is -3.68. The molecule has 8 heteroatoms. The number of nitrogens with zero attached hydrogens (tertiary/aromatic N) is 1. The van der Waals surface area contributed by atoms with Crippen molar-refractivity contribution in [2.45, 2.75) is 24.7 Å². The van der Waals surface area contributed by atoms with Crippen molar-refractivity contribution in [1.29, 1.82) is 0 Å². The van der Waals surface area contributed by atoms with Gasteiger partial charge in [-0.05, 0) is 53.4 Å². The van der Waals surface area contributed by atoms with Gasteiger partial charge >= 0.3 is 0 Å². The zero-order valence-electron chi connectivity index (χ0n) is 13.3. The molecule has 23 heavy (non-hydrogen) atoms. The minimum absolute atomic E-state index is 0.0476. The number of rotatable bonds is 6. The van der Waals surface area contributed by atoms with E-state index >= 15 is 0 Å². The number of halogens is 2. The summed E-state index contributed by atoms with van der Waals surface area (Å²) in [7, 11) is -2.25. The van der Waals surface area contributed by atoms with Crippen molar-refractivity contribution < 1.29 is 13.2 Å². The maximum atomic E-state index is 12.5. The number of methoxy groups -OCH3 is 1.